The number of hydrogen-bond acceptors (Lipinski definition) is 2. The Morgan fingerprint density at radius 3 is 2.78 bits per heavy atom. The molecule has 2 aromatic heterocycles. The molecule has 4 nitrogen and oxygen atoms in total. The average molecular weight is 381 g/mol. The smallest absolute Gasteiger partial charge is 0.354 e. The second-order valence-electron chi connectivity index (χ2n) is 8.23. The molecule has 5 heteroatoms. The lowest BCUT2D eigenvalue weighted by Gasteiger charge is -2.11. The highest BCUT2D eigenvalue weighted by Crippen LogP contribution is 2.51. The van der Waals surface area contributed by atoms with Crippen LogP contribution >= 0.6 is 11.6 Å². The molecule has 2 saturated carbocycles. The van der Waals surface area contributed by atoms with Crippen molar-refractivity contribution < 1.29 is 9.90 Å². The molecule has 0 amide bonds. The summed E-state index contributed by atoms with van der Waals surface area (Å²) in [6.07, 6.45) is 5.37. The molecule has 0 saturated heterocycles. The molecule has 0 spiro atoms. The van der Waals surface area contributed by atoms with Gasteiger partial charge in [0, 0.05) is 39.1 Å². The normalized spacial score (nSPS) is 18.0. The predicted octanol–water partition coefficient (Wildman–Crippen LogP) is 5.43. The van der Waals surface area contributed by atoms with E-state index in [0.29, 0.717) is 12.3 Å². The average Bonchev–Trinajstić information content (AvgIpc) is 3.56. The Labute approximate surface area is 162 Å². The molecule has 0 bridgehead atoms. The van der Waals surface area contributed by atoms with Gasteiger partial charge in [0.15, 0.2) is 0 Å². The van der Waals surface area contributed by atoms with Crippen molar-refractivity contribution in [2.24, 2.45) is 0 Å². The van der Waals surface area contributed by atoms with Crippen molar-refractivity contribution in [2.75, 3.05) is 0 Å². The number of benzene rings is 1. The first-order valence-corrected chi connectivity index (χ1v) is 9.86. The van der Waals surface area contributed by atoms with Crippen LogP contribution < -0.4 is 0 Å². The van der Waals surface area contributed by atoms with Gasteiger partial charge in [0.2, 0.25) is 0 Å². The van der Waals surface area contributed by atoms with Gasteiger partial charge in [0.25, 0.3) is 0 Å². The molecule has 138 valence electrons. The number of halogens is 1. The minimum atomic E-state index is -0.998. The third-order valence-corrected chi connectivity index (χ3v) is 6.36. The summed E-state index contributed by atoms with van der Waals surface area (Å²) in [6.45, 7) is 2.28. The number of carbonyl (C=O) groups is 1. The van der Waals surface area contributed by atoms with E-state index in [1.807, 2.05) is 6.07 Å². The van der Waals surface area contributed by atoms with Crippen LogP contribution in [0.15, 0.2) is 30.3 Å². The SMILES string of the molecule is CC1(c2[nH]c3cc(C4CC4)c(Cl)cc3c2Cc2cccc(C(=O)O)n2)CC1. The summed E-state index contributed by atoms with van der Waals surface area (Å²) in [5.74, 6) is -0.398. The zero-order chi connectivity index (χ0) is 18.8. The van der Waals surface area contributed by atoms with E-state index in [2.05, 4.69) is 29.0 Å². The number of carboxylic acids is 1. The topological polar surface area (TPSA) is 66.0 Å². The van der Waals surface area contributed by atoms with E-state index in [9.17, 15) is 9.90 Å². The molecule has 0 aliphatic heterocycles. The molecule has 2 aliphatic rings. The minimum Gasteiger partial charge on any atom is -0.477 e. The van der Waals surface area contributed by atoms with Crippen molar-refractivity contribution in [3.05, 3.63) is 63.6 Å². The molecule has 2 fully saturated rings. The summed E-state index contributed by atoms with van der Waals surface area (Å²) in [6, 6.07) is 9.49. The lowest BCUT2D eigenvalue weighted by Crippen LogP contribution is -2.07. The molecule has 2 aliphatic carbocycles. The number of carboxylic acid groups (broad SMARTS) is 1. The molecule has 5 rings (SSSR count). The maximum Gasteiger partial charge on any atom is 0.354 e. The Kier molecular flexibility index (Phi) is 3.63. The summed E-state index contributed by atoms with van der Waals surface area (Å²) in [5.41, 5.74) is 5.85. The lowest BCUT2D eigenvalue weighted by atomic mass is 9.95. The molecular weight excluding hydrogens is 360 g/mol. The molecular formula is C22H21ClN2O2. The van der Waals surface area contributed by atoms with Gasteiger partial charge in [-0.25, -0.2) is 9.78 Å². The van der Waals surface area contributed by atoms with Crippen LogP contribution in [0.4, 0.5) is 0 Å². The number of hydrogen-bond donors (Lipinski definition) is 2. The zero-order valence-corrected chi connectivity index (χ0v) is 15.9. The zero-order valence-electron chi connectivity index (χ0n) is 15.2. The fourth-order valence-electron chi connectivity index (χ4n) is 4.01. The summed E-state index contributed by atoms with van der Waals surface area (Å²) in [7, 11) is 0. The maximum atomic E-state index is 11.3. The predicted molar refractivity (Wildman–Crippen MR) is 106 cm³/mol. The van der Waals surface area contributed by atoms with E-state index in [0.717, 1.165) is 21.6 Å². The second kappa shape index (κ2) is 5.83. The summed E-state index contributed by atoms with van der Waals surface area (Å²) >= 11 is 6.61. The van der Waals surface area contributed by atoms with Gasteiger partial charge >= 0.3 is 5.97 Å². The van der Waals surface area contributed by atoms with Crippen molar-refractivity contribution in [2.45, 2.75) is 50.4 Å². The number of aromatic amines is 1. The first kappa shape index (κ1) is 16.8. The van der Waals surface area contributed by atoms with Crippen molar-refractivity contribution in [1.29, 1.82) is 0 Å². The van der Waals surface area contributed by atoms with E-state index in [-0.39, 0.29) is 11.1 Å². The largest absolute Gasteiger partial charge is 0.477 e. The fourth-order valence-corrected chi connectivity index (χ4v) is 4.33. The molecule has 2 heterocycles. The third kappa shape index (κ3) is 2.92. The molecule has 0 atom stereocenters. The number of aromatic carboxylic acids is 1. The second-order valence-corrected chi connectivity index (χ2v) is 8.64. The Morgan fingerprint density at radius 2 is 2.11 bits per heavy atom. The molecule has 3 aromatic rings. The van der Waals surface area contributed by atoms with Gasteiger partial charge in [-0.3, -0.25) is 0 Å². The van der Waals surface area contributed by atoms with E-state index < -0.39 is 5.97 Å². The van der Waals surface area contributed by atoms with E-state index in [1.165, 1.54) is 48.6 Å². The summed E-state index contributed by atoms with van der Waals surface area (Å²) < 4.78 is 0. The standard InChI is InChI=1S/C22H21ClN2O2/c1-22(7-8-22)20-16(9-13-3-2-4-18(24-13)21(26)27)15-10-17(23)14(12-5-6-12)11-19(15)25-20/h2-4,10-12,25H,5-9H2,1H3,(H,26,27). The molecule has 0 radical (unpaired) electrons. The summed E-state index contributed by atoms with van der Waals surface area (Å²) in [5, 5.41) is 11.2. The Bertz CT molecular complexity index is 1080. The Morgan fingerprint density at radius 1 is 1.33 bits per heavy atom. The van der Waals surface area contributed by atoms with Gasteiger partial charge < -0.3 is 10.1 Å². The number of pyridine rings is 1. The van der Waals surface area contributed by atoms with Crippen LogP contribution in [0.2, 0.25) is 5.02 Å². The monoisotopic (exact) mass is 380 g/mol. The number of rotatable bonds is 5. The van der Waals surface area contributed by atoms with Crippen LogP contribution in [-0.2, 0) is 11.8 Å². The van der Waals surface area contributed by atoms with E-state index >= 15 is 0 Å². The third-order valence-electron chi connectivity index (χ3n) is 6.03. The minimum absolute atomic E-state index is 0.0839. The van der Waals surface area contributed by atoms with Crippen molar-refractivity contribution in [1.82, 2.24) is 9.97 Å². The number of H-pyrrole nitrogens is 1. The fraction of sp³-hybridized carbons (Fsp3) is 0.364. The highest BCUT2D eigenvalue weighted by Gasteiger charge is 2.42. The first-order valence-electron chi connectivity index (χ1n) is 9.48. The Hall–Kier alpha value is -2.33. The van der Waals surface area contributed by atoms with Gasteiger partial charge in [0.05, 0.1) is 0 Å². The van der Waals surface area contributed by atoms with Crippen LogP contribution in [0.1, 0.15) is 71.5 Å². The van der Waals surface area contributed by atoms with Crippen molar-refractivity contribution in [3.63, 3.8) is 0 Å². The highest BCUT2D eigenvalue weighted by atomic mass is 35.5. The van der Waals surface area contributed by atoms with Crippen LogP contribution in [0.25, 0.3) is 10.9 Å². The maximum absolute atomic E-state index is 11.3. The van der Waals surface area contributed by atoms with Gasteiger partial charge in [-0.2, -0.15) is 0 Å². The number of fused-ring (bicyclic) bond motifs is 1. The molecule has 1 aromatic carbocycles. The Balaban J connectivity index is 1.64. The molecule has 0 unspecified atom stereocenters. The lowest BCUT2D eigenvalue weighted by molar-refractivity contribution is 0.0690. The van der Waals surface area contributed by atoms with Gasteiger partial charge in [-0.05, 0) is 67.0 Å². The quantitative estimate of drug-likeness (QED) is 0.619. The number of nitrogens with zero attached hydrogens (tertiary/aromatic N) is 1. The highest BCUT2D eigenvalue weighted by molar-refractivity contribution is 6.32. The van der Waals surface area contributed by atoms with Crippen LogP contribution in [0.3, 0.4) is 0 Å². The van der Waals surface area contributed by atoms with Crippen LogP contribution in [-0.4, -0.2) is 21.0 Å². The molecule has 27 heavy (non-hydrogen) atoms. The number of nitrogens with one attached hydrogen (secondary N) is 1. The van der Waals surface area contributed by atoms with Crippen molar-refractivity contribution in [3.8, 4) is 0 Å². The molecule has 2 N–H and O–H groups in total. The summed E-state index contributed by atoms with van der Waals surface area (Å²) in [4.78, 5) is 19.3. The van der Waals surface area contributed by atoms with Crippen molar-refractivity contribution >= 4 is 28.5 Å². The van der Waals surface area contributed by atoms with E-state index in [1.54, 1.807) is 6.07 Å². The van der Waals surface area contributed by atoms with Crippen LogP contribution in [0.5, 0.6) is 0 Å². The van der Waals surface area contributed by atoms with E-state index in [4.69, 9.17) is 11.6 Å². The van der Waals surface area contributed by atoms with Gasteiger partial charge in [0.1, 0.15) is 5.69 Å². The first-order chi connectivity index (χ1) is 12.9. The van der Waals surface area contributed by atoms with Crippen LogP contribution in [0, 0.1) is 0 Å². The number of aromatic nitrogens is 2. The van der Waals surface area contributed by atoms with Gasteiger partial charge in [-0.15, -0.1) is 0 Å². The van der Waals surface area contributed by atoms with Gasteiger partial charge in [-0.1, -0.05) is 24.6 Å².